The number of benzene rings is 2. The Morgan fingerprint density at radius 1 is 0.852 bits per heavy atom. The van der Waals surface area contributed by atoms with Gasteiger partial charge in [0.1, 0.15) is 17.9 Å². The number of hydrogen-bond acceptors (Lipinski definition) is 12. The molecular weight excluding hydrogens is 775 g/mol. The summed E-state index contributed by atoms with van der Waals surface area (Å²) < 4.78 is 0. The van der Waals surface area contributed by atoms with Gasteiger partial charge in [-0.05, 0) is 93.6 Å². The lowest BCUT2D eigenvalue weighted by Crippen LogP contribution is -2.59. The summed E-state index contributed by atoms with van der Waals surface area (Å²) in [5.74, 6) is -0.508. The van der Waals surface area contributed by atoms with Crippen LogP contribution in [0.5, 0.6) is 0 Å². The Labute approximate surface area is 354 Å². The molecule has 7 heterocycles. The van der Waals surface area contributed by atoms with E-state index in [1.165, 1.54) is 0 Å². The van der Waals surface area contributed by atoms with Gasteiger partial charge in [-0.3, -0.25) is 39.3 Å². The molecule has 5 aliphatic rings. The first-order valence-corrected chi connectivity index (χ1v) is 21.2. The Kier molecular flexibility index (Phi) is 10.7. The maximum absolute atomic E-state index is 13.5. The molecule has 0 spiro atoms. The third-order valence-electron chi connectivity index (χ3n) is 13.0. The van der Waals surface area contributed by atoms with Crippen LogP contribution in [0, 0.1) is 17.2 Å². The van der Waals surface area contributed by atoms with E-state index in [0.29, 0.717) is 46.9 Å². The second kappa shape index (κ2) is 16.5. The van der Waals surface area contributed by atoms with Gasteiger partial charge in [-0.2, -0.15) is 5.26 Å². The topological polar surface area (TPSA) is 178 Å². The standard InChI is InChI=1S/C45H49N11O5/c1-28-26-55(29(2)25-54(28)37-9-5-31(23-46)41-35(37)4-3-15-47-41)45(61)49-32-6-11-39(48-24-32)53-16-13-30(14-17-53)27-51-18-20-52(21-19-51)33-7-8-34-36(22-33)44(60)56(43(34)59)38-10-12-40(57)50-42(38)58/h3-9,11,15,22,24,28-30,38H,10,12-14,16-21,25-27H2,1-2H3,(H,49,61)(H,50,57,58)/t28-,29+,38+/m0/s1. The van der Waals surface area contributed by atoms with E-state index in [4.69, 9.17) is 4.98 Å². The van der Waals surface area contributed by atoms with Crippen LogP contribution in [0.1, 0.15) is 65.8 Å². The number of carbonyl (C=O) groups is 5. The Hall–Kier alpha value is -6.60. The van der Waals surface area contributed by atoms with E-state index in [9.17, 15) is 29.2 Å². The van der Waals surface area contributed by atoms with Crippen LogP contribution in [0.4, 0.5) is 27.7 Å². The molecule has 4 fully saturated rings. The summed E-state index contributed by atoms with van der Waals surface area (Å²) >= 11 is 0. The van der Waals surface area contributed by atoms with E-state index in [1.807, 2.05) is 47.4 Å². The van der Waals surface area contributed by atoms with Gasteiger partial charge >= 0.3 is 6.03 Å². The van der Waals surface area contributed by atoms with Gasteiger partial charge < -0.3 is 24.9 Å². The lowest BCUT2D eigenvalue weighted by Gasteiger charge is -2.45. The highest BCUT2D eigenvalue weighted by Crippen LogP contribution is 2.34. The van der Waals surface area contributed by atoms with Crippen LogP contribution in [0.3, 0.4) is 0 Å². The zero-order valence-corrected chi connectivity index (χ0v) is 34.4. The van der Waals surface area contributed by atoms with Gasteiger partial charge in [0.05, 0.1) is 34.1 Å². The molecule has 16 heteroatoms. The summed E-state index contributed by atoms with van der Waals surface area (Å²) in [5.41, 5.74) is 4.39. The third kappa shape index (κ3) is 7.70. The van der Waals surface area contributed by atoms with Gasteiger partial charge in [0.25, 0.3) is 11.8 Å². The van der Waals surface area contributed by atoms with Crippen molar-refractivity contribution in [3.63, 3.8) is 0 Å². The highest BCUT2D eigenvalue weighted by Gasteiger charge is 2.45. The third-order valence-corrected chi connectivity index (χ3v) is 13.0. The summed E-state index contributed by atoms with van der Waals surface area (Å²) in [6.45, 7) is 11.6. The summed E-state index contributed by atoms with van der Waals surface area (Å²) in [5, 5.41) is 15.8. The zero-order chi connectivity index (χ0) is 42.4. The van der Waals surface area contributed by atoms with Gasteiger partial charge in [0.2, 0.25) is 11.8 Å². The number of hydrogen-bond donors (Lipinski definition) is 2. The van der Waals surface area contributed by atoms with Gasteiger partial charge in [-0.15, -0.1) is 0 Å². The first-order chi connectivity index (χ1) is 29.6. The molecule has 0 aliphatic carbocycles. The van der Waals surface area contributed by atoms with Crippen LogP contribution in [-0.4, -0.2) is 131 Å². The summed E-state index contributed by atoms with van der Waals surface area (Å²) in [7, 11) is 0. The summed E-state index contributed by atoms with van der Waals surface area (Å²) in [6, 6.07) is 18.0. The molecule has 0 bridgehead atoms. The average Bonchev–Trinajstić information content (AvgIpc) is 3.52. The van der Waals surface area contributed by atoms with Gasteiger partial charge in [-0.25, -0.2) is 9.78 Å². The minimum atomic E-state index is -0.976. The van der Waals surface area contributed by atoms with Crippen LogP contribution in [0.15, 0.2) is 67.0 Å². The van der Waals surface area contributed by atoms with Crippen LogP contribution < -0.4 is 25.3 Å². The van der Waals surface area contributed by atoms with Crippen molar-refractivity contribution in [3.8, 4) is 6.07 Å². The largest absolute Gasteiger partial charge is 0.369 e. The summed E-state index contributed by atoms with van der Waals surface area (Å²) in [6.07, 6.45) is 5.78. The molecule has 0 unspecified atom stereocenters. The number of carbonyl (C=O) groups excluding carboxylic acids is 5. The van der Waals surface area contributed by atoms with Crippen molar-refractivity contribution >= 4 is 63.4 Å². The number of nitrogens with zero attached hydrogens (tertiary/aromatic N) is 9. The van der Waals surface area contributed by atoms with Crippen molar-refractivity contribution in [1.29, 1.82) is 5.26 Å². The van der Waals surface area contributed by atoms with E-state index in [-0.39, 0.29) is 31.0 Å². The number of anilines is 4. The van der Waals surface area contributed by atoms with Crippen molar-refractivity contribution in [2.45, 2.75) is 57.7 Å². The predicted octanol–water partition coefficient (Wildman–Crippen LogP) is 4.07. The van der Waals surface area contributed by atoms with Gasteiger partial charge in [-0.1, -0.05) is 0 Å². The molecule has 314 valence electrons. The van der Waals surface area contributed by atoms with E-state index >= 15 is 0 Å². The number of piperidine rings is 2. The smallest absolute Gasteiger partial charge is 0.322 e. The summed E-state index contributed by atoms with van der Waals surface area (Å²) in [4.78, 5) is 85.6. The second-order valence-electron chi connectivity index (χ2n) is 16.9. The van der Waals surface area contributed by atoms with Gasteiger partial charge in [0, 0.05) is 100 Å². The van der Waals surface area contributed by atoms with Crippen molar-refractivity contribution in [1.82, 2.24) is 30.0 Å². The Morgan fingerprint density at radius 2 is 1.64 bits per heavy atom. The van der Waals surface area contributed by atoms with E-state index < -0.39 is 29.7 Å². The van der Waals surface area contributed by atoms with E-state index in [2.05, 4.69) is 55.1 Å². The maximum Gasteiger partial charge on any atom is 0.322 e. The molecule has 4 aromatic rings. The number of fused-ring (bicyclic) bond motifs is 2. The van der Waals surface area contributed by atoms with E-state index in [1.54, 1.807) is 24.5 Å². The Bertz CT molecular complexity index is 2440. The fraction of sp³-hybridized carbons (Fsp3) is 0.422. The molecule has 61 heavy (non-hydrogen) atoms. The number of aromatic nitrogens is 2. The van der Waals surface area contributed by atoms with Crippen LogP contribution in [-0.2, 0) is 9.59 Å². The first-order valence-electron chi connectivity index (χ1n) is 21.2. The first kappa shape index (κ1) is 39.8. The van der Waals surface area contributed by atoms with Crippen molar-refractivity contribution in [3.05, 3.63) is 83.7 Å². The quantitative estimate of drug-likeness (QED) is 0.256. The molecule has 2 aromatic heterocycles. The fourth-order valence-electron chi connectivity index (χ4n) is 9.64. The Balaban J connectivity index is 0.728. The molecule has 0 radical (unpaired) electrons. The molecule has 9 rings (SSSR count). The maximum atomic E-state index is 13.5. The molecule has 3 atom stereocenters. The number of rotatable bonds is 7. The molecular formula is C45H49N11O5. The predicted molar refractivity (Wildman–Crippen MR) is 229 cm³/mol. The molecule has 0 saturated carbocycles. The Morgan fingerprint density at radius 3 is 2.38 bits per heavy atom. The average molecular weight is 824 g/mol. The van der Waals surface area contributed by atoms with Crippen molar-refractivity contribution < 1.29 is 24.0 Å². The molecule has 4 saturated heterocycles. The van der Waals surface area contributed by atoms with Gasteiger partial charge in [0.15, 0.2) is 0 Å². The van der Waals surface area contributed by atoms with Crippen LogP contribution in [0.2, 0.25) is 0 Å². The SMILES string of the molecule is C[C@@H]1CN(c2ccc(C#N)c3ncccc23)[C@@H](C)CN1C(=O)Nc1ccc(N2CCC(CN3CCN(c4ccc5c(c4)C(=O)N([C@@H]4CCC(=O)NC4=O)C5=O)CC3)CC2)nc1. The van der Waals surface area contributed by atoms with Crippen molar-refractivity contribution in [2.24, 2.45) is 5.92 Å². The number of imide groups is 2. The minimum Gasteiger partial charge on any atom is -0.369 e. The highest BCUT2D eigenvalue weighted by molar-refractivity contribution is 6.23. The lowest BCUT2D eigenvalue weighted by molar-refractivity contribution is -0.136. The molecule has 6 amide bonds. The number of nitriles is 1. The lowest BCUT2D eigenvalue weighted by atomic mass is 9.96. The monoisotopic (exact) mass is 823 g/mol. The van der Waals surface area contributed by atoms with Crippen molar-refractivity contribution in [2.75, 3.05) is 78.9 Å². The molecule has 5 aliphatic heterocycles. The van der Waals surface area contributed by atoms with E-state index in [0.717, 1.165) is 86.1 Å². The number of urea groups is 1. The zero-order valence-electron chi connectivity index (χ0n) is 34.4. The highest BCUT2D eigenvalue weighted by atomic mass is 16.2. The number of nitrogens with one attached hydrogen (secondary N) is 2. The number of pyridine rings is 2. The second-order valence-corrected chi connectivity index (χ2v) is 16.9. The van der Waals surface area contributed by atoms with Crippen LogP contribution in [0.25, 0.3) is 10.9 Å². The number of amides is 6. The normalized spacial score (nSPS) is 22.7. The molecule has 16 nitrogen and oxygen atoms in total. The van der Waals surface area contributed by atoms with Crippen LogP contribution >= 0.6 is 0 Å². The molecule has 2 aromatic carbocycles. The fourth-order valence-corrected chi connectivity index (χ4v) is 9.64. The molecule has 2 N–H and O–H groups in total. The number of piperazine rings is 2. The minimum absolute atomic E-state index is 0.0480.